The quantitative estimate of drug-likeness (QED) is 0.128. The van der Waals surface area contributed by atoms with Gasteiger partial charge in [0.1, 0.15) is 48.3 Å². The molecule has 49 heavy (non-hydrogen) atoms. The van der Waals surface area contributed by atoms with Crippen molar-refractivity contribution in [3.05, 3.63) is 106 Å². The molecule has 0 aromatic heterocycles. The maximum atomic E-state index is 12.5. The van der Waals surface area contributed by atoms with Gasteiger partial charge in [0.2, 0.25) is 11.5 Å². The summed E-state index contributed by atoms with van der Waals surface area (Å²) in [5.41, 5.74) is 1.94. The summed E-state index contributed by atoms with van der Waals surface area (Å²) >= 11 is 0. The summed E-state index contributed by atoms with van der Waals surface area (Å²) in [7, 11) is 2.72. The first kappa shape index (κ1) is 33.5. The molecule has 14 nitrogen and oxygen atoms in total. The highest BCUT2D eigenvalue weighted by Gasteiger charge is 2.50. The van der Waals surface area contributed by atoms with Crippen LogP contribution in [0.4, 0.5) is 0 Å². The number of aromatic hydroxyl groups is 2. The van der Waals surface area contributed by atoms with Crippen LogP contribution in [0, 0.1) is 0 Å². The SMILES string of the molecule is COc1cc(C2=C([OH+]C3OC(COC(=O)C=Cc4ccc(O)cc4)C(O)C(O)C3O)C3=C4C(=CC(O)=CC4OC(C)=C3)O2)cc(OC)c1O. The zero-order valence-electron chi connectivity index (χ0n) is 26.5. The zero-order chi connectivity index (χ0) is 35.0. The van der Waals surface area contributed by atoms with Crippen LogP contribution in [0.15, 0.2) is 94.9 Å². The van der Waals surface area contributed by atoms with E-state index in [9.17, 15) is 35.4 Å². The predicted octanol–water partition coefficient (Wildman–Crippen LogP) is 2.34. The number of esters is 1. The molecule has 14 heteroatoms. The van der Waals surface area contributed by atoms with Gasteiger partial charge in [0.15, 0.2) is 17.6 Å². The van der Waals surface area contributed by atoms with Crippen LogP contribution in [0.1, 0.15) is 18.1 Å². The number of phenolic OH excluding ortho intramolecular Hbond substituents is 2. The molecule has 2 aromatic carbocycles. The Labute approximate surface area is 279 Å². The van der Waals surface area contributed by atoms with Crippen molar-refractivity contribution in [3.63, 3.8) is 0 Å². The number of allylic oxidation sites excluding steroid dienone is 3. The molecule has 3 aliphatic heterocycles. The van der Waals surface area contributed by atoms with E-state index in [1.807, 2.05) is 0 Å². The van der Waals surface area contributed by atoms with E-state index in [0.717, 1.165) is 6.08 Å². The third-order valence-corrected chi connectivity index (χ3v) is 8.16. The smallest absolute Gasteiger partial charge is 0.330 e. The van der Waals surface area contributed by atoms with Crippen molar-refractivity contribution in [1.82, 2.24) is 0 Å². The fourth-order valence-corrected chi connectivity index (χ4v) is 5.71. The number of rotatable bonds is 9. The number of benzene rings is 2. The van der Waals surface area contributed by atoms with Crippen LogP contribution >= 0.6 is 0 Å². The molecule has 0 saturated carbocycles. The van der Waals surface area contributed by atoms with E-state index >= 15 is 0 Å². The van der Waals surface area contributed by atoms with Crippen LogP contribution in [-0.4, -0.2) is 99.0 Å². The second kappa shape index (κ2) is 13.6. The van der Waals surface area contributed by atoms with Crippen LogP contribution in [0.2, 0.25) is 0 Å². The molecular weight excluding hydrogens is 644 g/mol. The van der Waals surface area contributed by atoms with E-state index in [1.165, 1.54) is 56.7 Å². The number of hydrogen-bond donors (Lipinski definition) is 6. The molecule has 4 aliphatic rings. The van der Waals surface area contributed by atoms with Gasteiger partial charge in [0.25, 0.3) is 0 Å². The highest BCUT2D eigenvalue weighted by molar-refractivity contribution is 5.87. The Morgan fingerprint density at radius 2 is 1.65 bits per heavy atom. The van der Waals surface area contributed by atoms with E-state index in [1.54, 1.807) is 25.1 Å². The third-order valence-electron chi connectivity index (χ3n) is 8.16. The van der Waals surface area contributed by atoms with Crippen molar-refractivity contribution >= 4 is 17.8 Å². The van der Waals surface area contributed by atoms with Crippen LogP contribution in [0.5, 0.6) is 23.0 Å². The van der Waals surface area contributed by atoms with E-state index < -0.39 is 49.4 Å². The number of aliphatic hydroxyl groups excluding tert-OH is 4. The number of methoxy groups -OCH3 is 2. The number of ether oxygens (including phenoxy) is 7. The van der Waals surface area contributed by atoms with Gasteiger partial charge in [0.05, 0.1) is 31.1 Å². The zero-order valence-corrected chi connectivity index (χ0v) is 26.5. The maximum Gasteiger partial charge on any atom is 0.330 e. The minimum absolute atomic E-state index is 0.0513. The Balaban J connectivity index is 1.33. The van der Waals surface area contributed by atoms with Crippen molar-refractivity contribution in [1.29, 1.82) is 0 Å². The molecule has 0 amide bonds. The van der Waals surface area contributed by atoms with Gasteiger partial charge in [-0.05, 0) is 48.9 Å². The monoisotopic (exact) mass is 679 g/mol. The second-order valence-electron chi connectivity index (χ2n) is 11.5. The largest absolute Gasteiger partial charge is 0.555 e. The van der Waals surface area contributed by atoms with E-state index in [0.29, 0.717) is 28.0 Å². The number of hydrogen-bond acceptors (Lipinski definition) is 13. The molecule has 7 N–H and O–H groups in total. The van der Waals surface area contributed by atoms with Crippen molar-refractivity contribution < 1.29 is 68.6 Å². The first-order valence-corrected chi connectivity index (χ1v) is 15.1. The van der Waals surface area contributed by atoms with Gasteiger partial charge in [-0.15, -0.1) is 0 Å². The lowest BCUT2D eigenvalue weighted by Crippen LogP contribution is -2.60. The summed E-state index contributed by atoms with van der Waals surface area (Å²) in [5, 5.41) is 63.1. The number of phenols is 2. The maximum absolute atomic E-state index is 12.5. The molecule has 0 radical (unpaired) electrons. The van der Waals surface area contributed by atoms with Gasteiger partial charge in [-0.3, -0.25) is 4.74 Å². The molecular formula is C35H35O14+. The van der Waals surface area contributed by atoms with Crippen molar-refractivity contribution in [2.24, 2.45) is 0 Å². The summed E-state index contributed by atoms with van der Waals surface area (Å²) in [5.74, 6) is -0.0366. The average Bonchev–Trinajstić information content (AvgIpc) is 3.08. The fraction of sp³-hybridized carbons (Fsp3) is 0.286. The molecule has 6 atom stereocenters. The Morgan fingerprint density at radius 3 is 2.33 bits per heavy atom. The van der Waals surface area contributed by atoms with Crippen LogP contribution < -0.4 is 9.47 Å². The summed E-state index contributed by atoms with van der Waals surface area (Å²) < 4.78 is 38.9. The average molecular weight is 680 g/mol. The Bertz CT molecular complexity index is 1790. The minimum atomic E-state index is -1.75. The molecule has 258 valence electrons. The van der Waals surface area contributed by atoms with Crippen LogP contribution in [0.3, 0.4) is 0 Å². The highest BCUT2D eigenvalue weighted by Crippen LogP contribution is 2.47. The molecule has 2 aromatic rings. The molecule has 6 unspecified atom stereocenters. The van der Waals surface area contributed by atoms with E-state index in [4.69, 9.17) is 33.2 Å². The normalized spacial score (nSPS) is 26.1. The molecule has 3 heterocycles. The molecule has 1 fully saturated rings. The summed E-state index contributed by atoms with van der Waals surface area (Å²) in [6.45, 7) is 1.21. The van der Waals surface area contributed by atoms with Gasteiger partial charge in [-0.2, -0.15) is 0 Å². The van der Waals surface area contributed by atoms with E-state index in [-0.39, 0.29) is 46.0 Å². The lowest BCUT2D eigenvalue weighted by Gasteiger charge is -2.39. The standard InChI is InChI=1S/C35H34O14/c1-16-10-21-28-22(46-16)13-20(37)14-23(28)47-33(18-11-24(43-2)29(39)25(12-18)44-3)34(21)49-35-32(42)31(41)30(40)26(48-35)15-45-27(38)9-6-17-4-7-19(36)8-5-17/h4-14,22,26,30-32,35-37,39-42H,15H2,1-3H3/p+1. The molecule has 1 aliphatic carbocycles. The molecule has 6 rings (SSSR count). The number of carbonyl (C=O) groups excluding carboxylic acids is 1. The van der Waals surface area contributed by atoms with Gasteiger partial charge >= 0.3 is 18.0 Å². The van der Waals surface area contributed by atoms with Gasteiger partial charge < -0.3 is 59.1 Å². The second-order valence-corrected chi connectivity index (χ2v) is 11.5. The van der Waals surface area contributed by atoms with Crippen LogP contribution in [-0.2, 0) is 23.7 Å². The Morgan fingerprint density at radius 1 is 0.959 bits per heavy atom. The topological polar surface area (TPSA) is 207 Å². The van der Waals surface area contributed by atoms with Gasteiger partial charge in [0, 0.05) is 23.8 Å². The molecule has 0 spiro atoms. The van der Waals surface area contributed by atoms with Crippen molar-refractivity contribution in [2.75, 3.05) is 20.8 Å². The van der Waals surface area contributed by atoms with Crippen LogP contribution in [0.25, 0.3) is 11.8 Å². The Hall–Kier alpha value is -5.41. The summed E-state index contributed by atoms with van der Waals surface area (Å²) in [6, 6.07) is 9.06. The Kier molecular flexibility index (Phi) is 9.30. The first-order valence-electron chi connectivity index (χ1n) is 15.1. The van der Waals surface area contributed by atoms with Crippen molar-refractivity contribution in [3.8, 4) is 23.0 Å². The number of aliphatic hydroxyl groups is 6. The lowest BCUT2D eigenvalue weighted by molar-refractivity contribution is -0.331. The fourth-order valence-electron chi connectivity index (χ4n) is 5.71. The van der Waals surface area contributed by atoms with Gasteiger partial charge in [-0.1, -0.05) is 12.1 Å². The molecule has 1 saturated heterocycles. The first-order chi connectivity index (χ1) is 23.5. The molecule has 0 bridgehead atoms. The minimum Gasteiger partial charge on any atom is -0.555 e. The predicted molar refractivity (Wildman–Crippen MR) is 171 cm³/mol. The van der Waals surface area contributed by atoms with E-state index in [2.05, 4.69) is 0 Å². The highest BCUT2D eigenvalue weighted by atomic mass is 16.7. The number of carbonyl (C=O) groups is 1. The van der Waals surface area contributed by atoms with Gasteiger partial charge in [-0.25, -0.2) is 4.79 Å². The van der Waals surface area contributed by atoms with Crippen molar-refractivity contribution in [2.45, 2.75) is 43.7 Å². The summed E-state index contributed by atoms with van der Waals surface area (Å²) in [4.78, 5) is 12.5. The summed E-state index contributed by atoms with van der Waals surface area (Å²) in [6.07, 6.45) is -1.48. The third kappa shape index (κ3) is 6.67. The lowest BCUT2D eigenvalue weighted by atomic mass is 9.89.